The zero-order chi connectivity index (χ0) is 16.4. The van der Waals surface area contributed by atoms with Crippen LogP contribution in [0.5, 0.6) is 17.2 Å². The number of nitrogens with one attached hydrogen (secondary N) is 1. The second-order valence-corrected chi connectivity index (χ2v) is 5.29. The van der Waals surface area contributed by atoms with Crippen molar-refractivity contribution in [2.75, 3.05) is 26.6 Å². The lowest BCUT2D eigenvalue weighted by molar-refractivity contribution is 0.0972. The molecule has 2 aromatic rings. The average Bonchev–Trinajstić information content (AvgIpc) is 2.60. The fourth-order valence-corrected chi connectivity index (χ4v) is 2.97. The van der Waals surface area contributed by atoms with Crippen molar-refractivity contribution in [3.63, 3.8) is 0 Å². The monoisotopic (exact) mass is 313 g/mol. The predicted molar refractivity (Wildman–Crippen MR) is 87.9 cm³/mol. The van der Waals surface area contributed by atoms with E-state index in [1.807, 2.05) is 36.4 Å². The van der Waals surface area contributed by atoms with Gasteiger partial charge in [0, 0.05) is 23.2 Å². The first-order chi connectivity index (χ1) is 11.2. The molecule has 0 unspecified atom stereocenters. The van der Waals surface area contributed by atoms with Gasteiger partial charge in [-0.3, -0.25) is 4.79 Å². The first kappa shape index (κ1) is 15.2. The lowest BCUT2D eigenvalue weighted by atomic mass is 9.91. The third kappa shape index (κ3) is 2.59. The van der Waals surface area contributed by atoms with E-state index in [9.17, 15) is 4.79 Å². The quantitative estimate of drug-likeness (QED) is 0.937. The molecule has 5 heteroatoms. The summed E-state index contributed by atoms with van der Waals surface area (Å²) in [4.78, 5) is 12.4. The Hall–Kier alpha value is -2.69. The number of hydrogen-bond donors (Lipinski definition) is 1. The van der Waals surface area contributed by atoms with Crippen molar-refractivity contribution in [2.24, 2.45) is 0 Å². The molecular formula is C18H19NO4. The summed E-state index contributed by atoms with van der Waals surface area (Å²) >= 11 is 0. The van der Waals surface area contributed by atoms with E-state index in [0.717, 1.165) is 16.8 Å². The molecule has 2 aromatic carbocycles. The summed E-state index contributed by atoms with van der Waals surface area (Å²) in [5.41, 5.74) is 2.43. The van der Waals surface area contributed by atoms with Crippen LogP contribution in [0.25, 0.3) is 0 Å². The molecule has 3 rings (SSSR count). The van der Waals surface area contributed by atoms with Crippen LogP contribution in [0.1, 0.15) is 28.4 Å². The standard InChI is InChI=1S/C18H19NO4/c1-21-16-9-8-12(17(22-2)18(16)23-3)14-10-15(20)11-6-4-5-7-13(11)19-14/h4-9,14,19H,10H2,1-3H3/t14-/m1/s1. The third-order valence-electron chi connectivity index (χ3n) is 4.06. The van der Waals surface area contributed by atoms with Crippen LogP contribution in [0.3, 0.4) is 0 Å². The van der Waals surface area contributed by atoms with Gasteiger partial charge in [-0.25, -0.2) is 0 Å². The van der Waals surface area contributed by atoms with Crippen molar-refractivity contribution >= 4 is 11.5 Å². The SMILES string of the molecule is COc1ccc([C@H]2CC(=O)c3ccccc3N2)c(OC)c1OC. The smallest absolute Gasteiger partial charge is 0.203 e. The van der Waals surface area contributed by atoms with Gasteiger partial charge in [-0.1, -0.05) is 12.1 Å². The number of ether oxygens (including phenoxy) is 3. The van der Waals surface area contributed by atoms with E-state index in [1.165, 1.54) is 0 Å². The third-order valence-corrected chi connectivity index (χ3v) is 4.06. The number of hydrogen-bond acceptors (Lipinski definition) is 5. The summed E-state index contributed by atoms with van der Waals surface area (Å²) in [7, 11) is 4.73. The van der Waals surface area contributed by atoms with Crippen molar-refractivity contribution in [3.8, 4) is 17.2 Å². The second-order valence-electron chi connectivity index (χ2n) is 5.29. The maximum Gasteiger partial charge on any atom is 0.203 e. The minimum Gasteiger partial charge on any atom is -0.493 e. The number of rotatable bonds is 4. The number of carbonyl (C=O) groups is 1. The Morgan fingerprint density at radius 1 is 0.957 bits per heavy atom. The number of ketones is 1. The molecule has 120 valence electrons. The molecule has 0 amide bonds. The molecule has 5 nitrogen and oxygen atoms in total. The van der Waals surface area contributed by atoms with E-state index in [-0.39, 0.29) is 11.8 Å². The van der Waals surface area contributed by atoms with E-state index in [4.69, 9.17) is 14.2 Å². The van der Waals surface area contributed by atoms with E-state index in [2.05, 4.69) is 5.32 Å². The van der Waals surface area contributed by atoms with Crippen LogP contribution in [-0.2, 0) is 0 Å². The molecule has 0 saturated heterocycles. The van der Waals surface area contributed by atoms with Crippen LogP contribution >= 0.6 is 0 Å². The molecule has 0 spiro atoms. The van der Waals surface area contributed by atoms with Crippen LogP contribution in [-0.4, -0.2) is 27.1 Å². The topological polar surface area (TPSA) is 56.8 Å². The van der Waals surface area contributed by atoms with Crippen LogP contribution in [0.15, 0.2) is 36.4 Å². The predicted octanol–water partition coefficient (Wildman–Crippen LogP) is 3.45. The van der Waals surface area contributed by atoms with E-state index >= 15 is 0 Å². The summed E-state index contributed by atoms with van der Waals surface area (Å²) in [5, 5.41) is 3.41. The minimum absolute atomic E-state index is 0.112. The van der Waals surface area contributed by atoms with Gasteiger partial charge in [0.25, 0.3) is 0 Å². The molecule has 23 heavy (non-hydrogen) atoms. The Bertz CT molecular complexity index is 742. The maximum atomic E-state index is 12.4. The van der Waals surface area contributed by atoms with Gasteiger partial charge in [0.1, 0.15) is 0 Å². The zero-order valence-corrected chi connectivity index (χ0v) is 13.4. The van der Waals surface area contributed by atoms with Gasteiger partial charge >= 0.3 is 0 Å². The summed E-state index contributed by atoms with van der Waals surface area (Å²) in [5.74, 6) is 1.81. The van der Waals surface area contributed by atoms with Gasteiger partial charge < -0.3 is 19.5 Å². The van der Waals surface area contributed by atoms with Gasteiger partial charge in [-0.2, -0.15) is 0 Å². The molecule has 1 heterocycles. The van der Waals surface area contributed by atoms with E-state index in [0.29, 0.717) is 23.7 Å². The minimum atomic E-state index is -0.174. The molecule has 0 aliphatic carbocycles. The Morgan fingerprint density at radius 2 is 1.70 bits per heavy atom. The highest BCUT2D eigenvalue weighted by Crippen LogP contribution is 2.44. The summed E-state index contributed by atoms with van der Waals surface area (Å²) in [6.07, 6.45) is 0.364. The molecule has 1 aliphatic rings. The molecule has 0 fully saturated rings. The van der Waals surface area contributed by atoms with Crippen molar-refractivity contribution in [1.82, 2.24) is 0 Å². The number of para-hydroxylation sites is 1. The molecule has 0 aromatic heterocycles. The number of anilines is 1. The lowest BCUT2D eigenvalue weighted by Crippen LogP contribution is -2.23. The number of carbonyl (C=O) groups excluding carboxylic acids is 1. The summed E-state index contributed by atoms with van der Waals surface area (Å²) in [6.45, 7) is 0. The van der Waals surface area contributed by atoms with Crippen LogP contribution in [0, 0.1) is 0 Å². The highest BCUT2D eigenvalue weighted by atomic mass is 16.5. The Kier molecular flexibility index (Phi) is 4.10. The lowest BCUT2D eigenvalue weighted by Gasteiger charge is -2.28. The molecular weight excluding hydrogens is 294 g/mol. The summed E-state index contributed by atoms with van der Waals surface area (Å²) < 4.78 is 16.3. The van der Waals surface area contributed by atoms with Crippen LogP contribution in [0.2, 0.25) is 0 Å². The fraction of sp³-hybridized carbons (Fsp3) is 0.278. The highest BCUT2D eigenvalue weighted by Gasteiger charge is 2.29. The van der Waals surface area contributed by atoms with Crippen molar-refractivity contribution in [1.29, 1.82) is 0 Å². The molecule has 0 bridgehead atoms. The summed E-state index contributed by atoms with van der Waals surface area (Å²) in [6, 6.07) is 11.1. The molecule has 1 atom stereocenters. The van der Waals surface area contributed by atoms with Crippen LogP contribution in [0.4, 0.5) is 5.69 Å². The van der Waals surface area contributed by atoms with E-state index in [1.54, 1.807) is 21.3 Å². The molecule has 0 saturated carbocycles. The van der Waals surface area contributed by atoms with Crippen molar-refractivity contribution in [2.45, 2.75) is 12.5 Å². The van der Waals surface area contributed by atoms with Crippen LogP contribution < -0.4 is 19.5 Å². The maximum absolute atomic E-state index is 12.4. The number of Topliss-reactive ketones (excluding diaryl/α,β-unsaturated/α-hetero) is 1. The van der Waals surface area contributed by atoms with Gasteiger partial charge in [0.05, 0.1) is 27.4 Å². The number of fused-ring (bicyclic) bond motifs is 1. The molecule has 1 N–H and O–H groups in total. The Labute approximate surface area is 135 Å². The number of methoxy groups -OCH3 is 3. The zero-order valence-electron chi connectivity index (χ0n) is 13.4. The molecule has 1 aliphatic heterocycles. The molecule has 0 radical (unpaired) electrons. The van der Waals surface area contributed by atoms with Gasteiger partial charge in [-0.05, 0) is 24.3 Å². The second kappa shape index (κ2) is 6.20. The Balaban J connectivity index is 2.05. The van der Waals surface area contributed by atoms with Crippen molar-refractivity contribution < 1.29 is 19.0 Å². The van der Waals surface area contributed by atoms with E-state index < -0.39 is 0 Å². The van der Waals surface area contributed by atoms with Gasteiger partial charge in [0.2, 0.25) is 5.75 Å². The fourth-order valence-electron chi connectivity index (χ4n) is 2.97. The first-order valence-corrected chi connectivity index (χ1v) is 7.37. The first-order valence-electron chi connectivity index (χ1n) is 7.37. The average molecular weight is 313 g/mol. The highest BCUT2D eigenvalue weighted by molar-refractivity contribution is 6.03. The largest absolute Gasteiger partial charge is 0.493 e. The van der Waals surface area contributed by atoms with Crippen molar-refractivity contribution in [3.05, 3.63) is 47.5 Å². The normalized spacial score (nSPS) is 16.3. The van der Waals surface area contributed by atoms with Gasteiger partial charge in [-0.15, -0.1) is 0 Å². The Morgan fingerprint density at radius 3 is 2.39 bits per heavy atom. The van der Waals surface area contributed by atoms with Gasteiger partial charge in [0.15, 0.2) is 17.3 Å². The number of benzene rings is 2.